The molecule has 0 aliphatic heterocycles. The van der Waals surface area contributed by atoms with Gasteiger partial charge in [-0.1, -0.05) is 24.3 Å². The Kier molecular flexibility index (Phi) is 6.76. The number of rotatable bonds is 9. The molecule has 0 aliphatic rings. The minimum absolute atomic E-state index is 0.0640. The predicted molar refractivity (Wildman–Crippen MR) is 93.6 cm³/mol. The molecule has 0 aromatic heterocycles. The van der Waals surface area contributed by atoms with Crippen LogP contribution in [-0.4, -0.2) is 33.0 Å². The third-order valence-electron chi connectivity index (χ3n) is 3.41. The molecule has 4 nitrogen and oxygen atoms in total. The van der Waals surface area contributed by atoms with Crippen molar-refractivity contribution in [3.63, 3.8) is 0 Å². The lowest BCUT2D eigenvalue weighted by molar-refractivity contribution is 0.146. The van der Waals surface area contributed by atoms with Crippen LogP contribution in [0.2, 0.25) is 0 Å². The Balaban J connectivity index is 1.83. The Bertz CT molecular complexity index is 601. The number of benzene rings is 2. The van der Waals surface area contributed by atoms with Gasteiger partial charge in [-0.15, -0.1) is 0 Å². The first-order chi connectivity index (χ1) is 11.2. The van der Waals surface area contributed by atoms with Gasteiger partial charge in [0.15, 0.2) is 0 Å². The lowest BCUT2D eigenvalue weighted by atomic mass is 10.2. The van der Waals surface area contributed by atoms with E-state index in [1.165, 1.54) is 0 Å². The summed E-state index contributed by atoms with van der Waals surface area (Å²) >= 11 is 0. The number of hydrogen-bond donors (Lipinski definition) is 1. The van der Waals surface area contributed by atoms with Crippen molar-refractivity contribution in [1.82, 2.24) is 0 Å². The molecule has 0 bridgehead atoms. The Labute approximate surface area is 138 Å². The first kappa shape index (κ1) is 17.2. The van der Waals surface area contributed by atoms with Gasteiger partial charge in [0.25, 0.3) is 0 Å². The van der Waals surface area contributed by atoms with Crippen LogP contribution in [0.25, 0.3) is 0 Å². The fraction of sp³-hybridized carbons (Fsp3) is 0.368. The van der Waals surface area contributed by atoms with Gasteiger partial charge >= 0.3 is 0 Å². The molecule has 0 amide bonds. The zero-order valence-corrected chi connectivity index (χ0v) is 14.0. The second-order valence-corrected chi connectivity index (χ2v) is 5.44. The molecule has 1 unspecified atom stereocenters. The van der Waals surface area contributed by atoms with Gasteiger partial charge in [-0.05, 0) is 37.6 Å². The van der Waals surface area contributed by atoms with E-state index in [1.54, 1.807) is 7.11 Å². The number of para-hydroxylation sites is 1. The predicted octanol–water partition coefficient (Wildman–Crippen LogP) is 3.90. The maximum atomic E-state index is 5.97. The molecular weight excluding hydrogens is 290 g/mol. The fourth-order valence-corrected chi connectivity index (χ4v) is 2.15. The molecule has 0 saturated heterocycles. The van der Waals surface area contributed by atoms with Gasteiger partial charge in [0.1, 0.15) is 24.2 Å². The van der Waals surface area contributed by atoms with E-state index in [0.29, 0.717) is 13.2 Å². The highest BCUT2D eigenvalue weighted by molar-refractivity contribution is 5.48. The Morgan fingerprint density at radius 3 is 2.65 bits per heavy atom. The number of methoxy groups -OCH3 is 1. The highest BCUT2D eigenvalue weighted by atomic mass is 16.5. The van der Waals surface area contributed by atoms with Crippen LogP contribution in [0.4, 0.5) is 5.69 Å². The average Bonchev–Trinajstić information content (AvgIpc) is 2.56. The second kappa shape index (κ2) is 9.06. The normalized spacial score (nSPS) is 11.8. The summed E-state index contributed by atoms with van der Waals surface area (Å²) in [4.78, 5) is 0. The molecule has 4 heteroatoms. The zero-order chi connectivity index (χ0) is 16.5. The van der Waals surface area contributed by atoms with E-state index in [9.17, 15) is 0 Å². The maximum absolute atomic E-state index is 5.97. The molecule has 0 aliphatic carbocycles. The fourth-order valence-electron chi connectivity index (χ4n) is 2.15. The molecule has 0 saturated carbocycles. The van der Waals surface area contributed by atoms with Crippen LogP contribution in [0.15, 0.2) is 48.5 Å². The molecule has 23 heavy (non-hydrogen) atoms. The SMILES string of the molecule is COCCOc1cccc(NCC(C)Oc2ccccc2C)c1. The Morgan fingerprint density at radius 2 is 1.87 bits per heavy atom. The van der Waals surface area contributed by atoms with Gasteiger partial charge < -0.3 is 19.5 Å². The van der Waals surface area contributed by atoms with Gasteiger partial charge in [0.2, 0.25) is 0 Å². The smallest absolute Gasteiger partial charge is 0.122 e. The average molecular weight is 315 g/mol. The van der Waals surface area contributed by atoms with Crippen molar-refractivity contribution in [2.24, 2.45) is 0 Å². The molecule has 0 spiro atoms. The molecule has 1 N–H and O–H groups in total. The van der Waals surface area contributed by atoms with E-state index in [2.05, 4.69) is 25.2 Å². The van der Waals surface area contributed by atoms with Crippen LogP contribution in [0, 0.1) is 6.92 Å². The van der Waals surface area contributed by atoms with Crippen molar-refractivity contribution in [2.75, 3.05) is 32.2 Å². The monoisotopic (exact) mass is 315 g/mol. The molecular formula is C19H25NO3. The molecule has 2 rings (SSSR count). The van der Waals surface area contributed by atoms with E-state index in [1.807, 2.05) is 42.5 Å². The van der Waals surface area contributed by atoms with Crippen LogP contribution in [0.3, 0.4) is 0 Å². The number of ether oxygens (including phenoxy) is 3. The van der Waals surface area contributed by atoms with Gasteiger partial charge in [-0.25, -0.2) is 0 Å². The maximum Gasteiger partial charge on any atom is 0.122 e. The van der Waals surface area contributed by atoms with Crippen LogP contribution < -0.4 is 14.8 Å². The van der Waals surface area contributed by atoms with Gasteiger partial charge in [0, 0.05) is 18.9 Å². The van der Waals surface area contributed by atoms with Crippen molar-refractivity contribution in [3.05, 3.63) is 54.1 Å². The van der Waals surface area contributed by atoms with Crippen molar-refractivity contribution >= 4 is 5.69 Å². The van der Waals surface area contributed by atoms with Crippen molar-refractivity contribution in [3.8, 4) is 11.5 Å². The van der Waals surface area contributed by atoms with Crippen LogP contribution in [0.5, 0.6) is 11.5 Å². The largest absolute Gasteiger partial charge is 0.491 e. The third-order valence-corrected chi connectivity index (χ3v) is 3.41. The molecule has 0 heterocycles. The summed E-state index contributed by atoms with van der Waals surface area (Å²) in [5.41, 5.74) is 2.16. The molecule has 0 fully saturated rings. The molecule has 0 radical (unpaired) electrons. The minimum atomic E-state index is 0.0640. The summed E-state index contributed by atoms with van der Waals surface area (Å²) in [6, 6.07) is 16.0. The zero-order valence-electron chi connectivity index (χ0n) is 14.0. The lowest BCUT2D eigenvalue weighted by Crippen LogP contribution is -2.23. The lowest BCUT2D eigenvalue weighted by Gasteiger charge is -2.18. The van der Waals surface area contributed by atoms with Gasteiger partial charge in [-0.2, -0.15) is 0 Å². The molecule has 124 valence electrons. The first-order valence-electron chi connectivity index (χ1n) is 7.87. The Morgan fingerprint density at radius 1 is 1.04 bits per heavy atom. The van der Waals surface area contributed by atoms with E-state index < -0.39 is 0 Å². The summed E-state index contributed by atoms with van der Waals surface area (Å²) in [6.07, 6.45) is 0.0640. The van der Waals surface area contributed by atoms with E-state index in [4.69, 9.17) is 14.2 Å². The number of nitrogens with one attached hydrogen (secondary N) is 1. The topological polar surface area (TPSA) is 39.7 Å². The Hall–Kier alpha value is -2.20. The van der Waals surface area contributed by atoms with Gasteiger partial charge in [-0.3, -0.25) is 0 Å². The van der Waals surface area contributed by atoms with Crippen LogP contribution >= 0.6 is 0 Å². The number of anilines is 1. The van der Waals surface area contributed by atoms with Crippen LogP contribution in [-0.2, 0) is 4.74 Å². The van der Waals surface area contributed by atoms with Crippen molar-refractivity contribution < 1.29 is 14.2 Å². The molecule has 1 atom stereocenters. The van der Waals surface area contributed by atoms with E-state index in [-0.39, 0.29) is 6.10 Å². The highest BCUT2D eigenvalue weighted by Gasteiger charge is 2.06. The van der Waals surface area contributed by atoms with E-state index in [0.717, 1.165) is 29.3 Å². The number of hydrogen-bond acceptors (Lipinski definition) is 4. The summed E-state index contributed by atoms with van der Waals surface area (Å²) in [5, 5.41) is 3.38. The minimum Gasteiger partial charge on any atom is -0.491 e. The highest BCUT2D eigenvalue weighted by Crippen LogP contribution is 2.19. The summed E-state index contributed by atoms with van der Waals surface area (Å²) in [5.74, 6) is 1.76. The van der Waals surface area contributed by atoms with Crippen molar-refractivity contribution in [1.29, 1.82) is 0 Å². The molecule has 2 aromatic rings. The van der Waals surface area contributed by atoms with Crippen molar-refractivity contribution in [2.45, 2.75) is 20.0 Å². The van der Waals surface area contributed by atoms with Crippen LogP contribution in [0.1, 0.15) is 12.5 Å². The quantitative estimate of drug-likeness (QED) is 0.712. The van der Waals surface area contributed by atoms with Gasteiger partial charge in [0.05, 0.1) is 13.2 Å². The molecule has 2 aromatic carbocycles. The number of aryl methyl sites for hydroxylation is 1. The third kappa shape index (κ3) is 5.83. The standard InChI is InChI=1S/C19H25NO3/c1-15-7-4-5-10-19(15)23-16(2)14-20-17-8-6-9-18(13-17)22-12-11-21-3/h4-10,13,16,20H,11-12,14H2,1-3H3. The van der Waals surface area contributed by atoms with E-state index >= 15 is 0 Å². The summed E-state index contributed by atoms with van der Waals surface area (Å²) in [7, 11) is 1.66. The summed E-state index contributed by atoms with van der Waals surface area (Å²) < 4.78 is 16.6. The second-order valence-electron chi connectivity index (χ2n) is 5.44. The first-order valence-corrected chi connectivity index (χ1v) is 7.87. The summed E-state index contributed by atoms with van der Waals surface area (Å²) in [6.45, 7) is 5.95.